The first-order valence-electron chi connectivity index (χ1n) is 5.55. The third kappa shape index (κ3) is 6.50. The van der Waals surface area contributed by atoms with Crippen molar-refractivity contribution < 1.29 is 63.7 Å². The van der Waals surface area contributed by atoms with Crippen LogP contribution < -0.4 is 5.32 Å². The Labute approximate surface area is 131 Å². The summed E-state index contributed by atoms with van der Waals surface area (Å²) in [6, 6.07) is 0. The van der Waals surface area contributed by atoms with Crippen LogP contribution in [0.1, 0.15) is 6.92 Å². The molecule has 0 fully saturated rings. The minimum absolute atomic E-state index is 0.113. The Kier molecular flexibility index (Phi) is 6.47. The van der Waals surface area contributed by atoms with Crippen LogP contribution in [0.5, 0.6) is 0 Å². The quantitative estimate of drug-likeness (QED) is 0.435. The molecule has 0 rings (SSSR count). The highest BCUT2D eigenvalue weighted by atomic mass is 19.4. The first-order chi connectivity index (χ1) is 10.9. The number of esters is 1. The summed E-state index contributed by atoms with van der Waals surface area (Å²) in [5.74, 6) is -8.93. The number of nitrogens with one attached hydrogen (secondary N) is 1. The standard InChI is InChI=1S/C10H6F9NO5/c1-2(3(5(21)22)20-6(23)9(14,15)16)4(8(11,12)13)25-7(24)10(17,18)19/h4H,1H3,(H,20,23)(H,21,22)/b3-2+/t4-/m0/s1. The van der Waals surface area contributed by atoms with E-state index in [-0.39, 0.29) is 6.92 Å². The number of halogens is 9. The molecule has 0 aromatic carbocycles. The normalized spacial score (nSPS) is 15.1. The van der Waals surface area contributed by atoms with Crippen molar-refractivity contribution in [3.8, 4) is 0 Å². The maximum absolute atomic E-state index is 12.7. The summed E-state index contributed by atoms with van der Waals surface area (Å²) in [7, 11) is 0. The predicted molar refractivity (Wildman–Crippen MR) is 56.5 cm³/mol. The molecule has 0 saturated heterocycles. The van der Waals surface area contributed by atoms with E-state index in [4.69, 9.17) is 5.11 Å². The second kappa shape index (κ2) is 7.18. The Hall–Kier alpha value is -2.48. The molecule has 1 atom stereocenters. The van der Waals surface area contributed by atoms with Crippen LogP contribution in [-0.4, -0.2) is 47.6 Å². The zero-order valence-electron chi connectivity index (χ0n) is 11.6. The maximum Gasteiger partial charge on any atom is 0.490 e. The summed E-state index contributed by atoms with van der Waals surface area (Å²) in [4.78, 5) is 31.9. The van der Waals surface area contributed by atoms with Gasteiger partial charge in [-0.25, -0.2) is 9.59 Å². The van der Waals surface area contributed by atoms with Crippen LogP contribution in [0.3, 0.4) is 0 Å². The highest BCUT2D eigenvalue weighted by molar-refractivity contribution is 5.95. The van der Waals surface area contributed by atoms with Crippen molar-refractivity contribution in [2.24, 2.45) is 0 Å². The number of hydrogen-bond donors (Lipinski definition) is 2. The second-order valence-electron chi connectivity index (χ2n) is 4.14. The first kappa shape index (κ1) is 22.5. The van der Waals surface area contributed by atoms with Gasteiger partial charge in [-0.2, -0.15) is 39.5 Å². The Morgan fingerprint density at radius 3 is 1.64 bits per heavy atom. The van der Waals surface area contributed by atoms with Gasteiger partial charge in [0.1, 0.15) is 5.70 Å². The number of alkyl halides is 9. The first-order valence-corrected chi connectivity index (χ1v) is 5.55. The SMILES string of the molecule is C/C(=C(\NC(=O)C(F)(F)F)C(=O)O)[C@H](OC(=O)C(F)(F)F)C(F)(F)F. The van der Waals surface area contributed by atoms with Crippen molar-refractivity contribution in [3.05, 3.63) is 11.3 Å². The lowest BCUT2D eigenvalue weighted by molar-refractivity contribution is -0.237. The number of carbonyl (C=O) groups excluding carboxylic acids is 2. The van der Waals surface area contributed by atoms with E-state index in [0.717, 1.165) is 0 Å². The van der Waals surface area contributed by atoms with Gasteiger partial charge in [-0.05, 0) is 6.92 Å². The zero-order valence-corrected chi connectivity index (χ0v) is 11.6. The van der Waals surface area contributed by atoms with Crippen molar-refractivity contribution in [2.75, 3.05) is 0 Å². The van der Waals surface area contributed by atoms with Crippen LogP contribution >= 0.6 is 0 Å². The molecule has 2 N–H and O–H groups in total. The number of carbonyl (C=O) groups is 3. The van der Waals surface area contributed by atoms with Crippen molar-refractivity contribution in [1.82, 2.24) is 5.32 Å². The molecule has 144 valence electrons. The third-order valence-corrected chi connectivity index (χ3v) is 2.25. The molecule has 0 bridgehead atoms. The van der Waals surface area contributed by atoms with Gasteiger partial charge >= 0.3 is 36.4 Å². The molecule has 0 unspecified atom stereocenters. The number of amides is 1. The molecular formula is C10H6F9NO5. The number of rotatable bonds is 4. The summed E-state index contributed by atoms with van der Waals surface area (Å²) in [5, 5.41) is 9.16. The lowest BCUT2D eigenvalue weighted by atomic mass is 10.1. The Morgan fingerprint density at radius 1 is 0.920 bits per heavy atom. The number of carboxylic acid groups (broad SMARTS) is 1. The number of carboxylic acids is 1. The average Bonchev–Trinajstić information content (AvgIpc) is 2.36. The van der Waals surface area contributed by atoms with E-state index >= 15 is 0 Å². The van der Waals surface area contributed by atoms with Crippen LogP contribution in [0, 0.1) is 0 Å². The largest absolute Gasteiger partial charge is 0.490 e. The van der Waals surface area contributed by atoms with Gasteiger partial charge in [0.25, 0.3) is 0 Å². The summed E-state index contributed by atoms with van der Waals surface area (Å²) in [6.45, 7) is 0.113. The molecule has 6 nitrogen and oxygen atoms in total. The number of aliphatic carboxylic acids is 1. The van der Waals surface area contributed by atoms with E-state index in [0.29, 0.717) is 5.32 Å². The molecule has 0 spiro atoms. The van der Waals surface area contributed by atoms with E-state index in [1.165, 1.54) is 0 Å². The fourth-order valence-corrected chi connectivity index (χ4v) is 1.21. The summed E-state index contributed by atoms with van der Waals surface area (Å²) in [6.07, 6.45) is -21.3. The van der Waals surface area contributed by atoms with Crippen molar-refractivity contribution in [1.29, 1.82) is 0 Å². The lowest BCUT2D eigenvalue weighted by Gasteiger charge is -2.23. The average molecular weight is 391 g/mol. The molecule has 0 aromatic heterocycles. The molecule has 0 aliphatic rings. The molecule has 1 amide bonds. The van der Waals surface area contributed by atoms with Gasteiger partial charge in [0.2, 0.25) is 6.10 Å². The fraction of sp³-hybridized carbons (Fsp3) is 0.500. The molecule has 0 aliphatic carbocycles. The molecule has 15 heteroatoms. The van der Waals surface area contributed by atoms with Crippen molar-refractivity contribution in [3.63, 3.8) is 0 Å². The zero-order chi connectivity index (χ0) is 20.4. The predicted octanol–water partition coefficient (Wildman–Crippen LogP) is 2.06. The van der Waals surface area contributed by atoms with Crippen LogP contribution in [0.4, 0.5) is 39.5 Å². The smallest absolute Gasteiger partial charge is 0.477 e. The van der Waals surface area contributed by atoms with Crippen LogP contribution in [0.2, 0.25) is 0 Å². The fourth-order valence-electron chi connectivity index (χ4n) is 1.21. The van der Waals surface area contributed by atoms with E-state index in [9.17, 15) is 53.9 Å². The topological polar surface area (TPSA) is 92.7 Å². The van der Waals surface area contributed by atoms with Gasteiger partial charge < -0.3 is 15.2 Å². The minimum atomic E-state index is -5.90. The van der Waals surface area contributed by atoms with Crippen molar-refractivity contribution in [2.45, 2.75) is 31.6 Å². The van der Waals surface area contributed by atoms with Gasteiger partial charge in [0, 0.05) is 5.57 Å². The third-order valence-electron chi connectivity index (χ3n) is 2.25. The molecular weight excluding hydrogens is 385 g/mol. The van der Waals surface area contributed by atoms with E-state index in [1.54, 1.807) is 0 Å². The minimum Gasteiger partial charge on any atom is -0.477 e. The molecule has 25 heavy (non-hydrogen) atoms. The van der Waals surface area contributed by atoms with E-state index in [2.05, 4.69) is 4.74 Å². The van der Waals surface area contributed by atoms with Gasteiger partial charge in [-0.1, -0.05) is 0 Å². The van der Waals surface area contributed by atoms with Crippen LogP contribution in [-0.2, 0) is 19.1 Å². The summed E-state index contributed by atoms with van der Waals surface area (Å²) < 4.78 is 113. The molecule has 0 saturated carbocycles. The number of ether oxygens (including phenoxy) is 1. The molecule has 0 heterocycles. The maximum atomic E-state index is 12.7. The Morgan fingerprint density at radius 2 is 1.36 bits per heavy atom. The molecule has 0 radical (unpaired) electrons. The van der Waals surface area contributed by atoms with Gasteiger partial charge in [0.05, 0.1) is 0 Å². The Balaban J connectivity index is 6.01. The molecule has 0 aromatic rings. The summed E-state index contributed by atoms with van der Waals surface area (Å²) >= 11 is 0. The molecule has 0 aliphatic heterocycles. The van der Waals surface area contributed by atoms with E-state index in [1.807, 2.05) is 0 Å². The highest BCUT2D eigenvalue weighted by Gasteiger charge is 2.51. The summed E-state index contributed by atoms with van der Waals surface area (Å²) in [5.41, 5.74) is -3.88. The Bertz CT molecular complexity index is 587. The second-order valence-corrected chi connectivity index (χ2v) is 4.14. The van der Waals surface area contributed by atoms with Crippen molar-refractivity contribution >= 4 is 17.8 Å². The van der Waals surface area contributed by atoms with Gasteiger partial charge in [0.15, 0.2) is 0 Å². The highest BCUT2D eigenvalue weighted by Crippen LogP contribution is 2.32. The van der Waals surface area contributed by atoms with Gasteiger partial charge in [-0.15, -0.1) is 0 Å². The van der Waals surface area contributed by atoms with Gasteiger partial charge in [-0.3, -0.25) is 4.79 Å². The number of hydrogen-bond acceptors (Lipinski definition) is 4. The van der Waals surface area contributed by atoms with Crippen LogP contribution in [0.15, 0.2) is 11.3 Å². The van der Waals surface area contributed by atoms with Crippen LogP contribution in [0.25, 0.3) is 0 Å². The monoisotopic (exact) mass is 391 g/mol. The lowest BCUT2D eigenvalue weighted by Crippen LogP contribution is -2.43. The van der Waals surface area contributed by atoms with E-state index < -0.39 is 53.7 Å².